The van der Waals surface area contributed by atoms with Gasteiger partial charge in [-0.1, -0.05) is 31.0 Å². The van der Waals surface area contributed by atoms with Gasteiger partial charge in [0.2, 0.25) is 5.91 Å². The van der Waals surface area contributed by atoms with E-state index in [4.69, 9.17) is 4.74 Å². The second-order valence-electron chi connectivity index (χ2n) is 5.60. The van der Waals surface area contributed by atoms with E-state index in [-0.39, 0.29) is 18.4 Å². The summed E-state index contributed by atoms with van der Waals surface area (Å²) in [6.45, 7) is 2.62. The molecule has 1 fully saturated rings. The van der Waals surface area contributed by atoms with Crippen molar-refractivity contribution in [1.82, 2.24) is 10.2 Å². The molecule has 0 unspecified atom stereocenters. The molecular weight excluding hydrogens is 280 g/mol. The molecule has 1 aromatic rings. The molecule has 0 aromatic heterocycles. The fourth-order valence-corrected chi connectivity index (χ4v) is 2.85. The van der Waals surface area contributed by atoms with Gasteiger partial charge in [-0.05, 0) is 25.0 Å². The Hall–Kier alpha value is -2.04. The normalized spacial score (nSPS) is 14.6. The number of nitrogens with one attached hydrogen (secondary N) is 1. The Labute approximate surface area is 131 Å². The minimum atomic E-state index is -0.168. The van der Waals surface area contributed by atoms with Gasteiger partial charge in [0.1, 0.15) is 5.75 Å². The topological polar surface area (TPSA) is 58.6 Å². The molecule has 1 aromatic carbocycles. The highest BCUT2D eigenvalue weighted by atomic mass is 16.5. The van der Waals surface area contributed by atoms with Crippen LogP contribution in [-0.4, -0.2) is 42.5 Å². The van der Waals surface area contributed by atoms with Gasteiger partial charge in [0.05, 0.1) is 0 Å². The highest BCUT2D eigenvalue weighted by Crippen LogP contribution is 2.23. The summed E-state index contributed by atoms with van der Waals surface area (Å²) in [4.78, 5) is 25.3. The van der Waals surface area contributed by atoms with E-state index >= 15 is 0 Å². The highest BCUT2D eigenvalue weighted by molar-refractivity contribution is 5.77. The molecule has 0 heterocycles. The summed E-state index contributed by atoms with van der Waals surface area (Å²) in [5, 5.41) is 2.80. The molecule has 1 aliphatic rings. The first kappa shape index (κ1) is 16.3. The molecule has 22 heavy (non-hydrogen) atoms. The van der Waals surface area contributed by atoms with Gasteiger partial charge in [-0.3, -0.25) is 9.59 Å². The summed E-state index contributed by atoms with van der Waals surface area (Å²) in [7, 11) is 0. The number of nitrogens with zero attached hydrogens (tertiary/aromatic N) is 1. The standard InChI is InChI=1S/C17H24N2O3/c1-14(20)19(15-7-5-6-8-15)12-11-18-17(21)13-22-16-9-3-2-4-10-16/h2-4,9-10,15H,5-8,11-13H2,1H3,(H,18,21). The van der Waals surface area contributed by atoms with Crippen LogP contribution in [0.3, 0.4) is 0 Å². The lowest BCUT2D eigenvalue weighted by Gasteiger charge is -2.27. The van der Waals surface area contributed by atoms with Crippen molar-refractivity contribution in [2.45, 2.75) is 38.6 Å². The predicted molar refractivity (Wildman–Crippen MR) is 84.6 cm³/mol. The molecule has 0 radical (unpaired) electrons. The quantitative estimate of drug-likeness (QED) is 0.838. The first-order valence-electron chi connectivity index (χ1n) is 7.88. The van der Waals surface area contributed by atoms with E-state index in [1.165, 1.54) is 12.8 Å². The van der Waals surface area contributed by atoms with E-state index in [1.807, 2.05) is 35.2 Å². The van der Waals surface area contributed by atoms with Gasteiger partial charge in [0.15, 0.2) is 6.61 Å². The lowest BCUT2D eigenvalue weighted by molar-refractivity contribution is -0.131. The largest absolute Gasteiger partial charge is 0.484 e. The van der Waals surface area contributed by atoms with Crippen LogP contribution in [0, 0.1) is 0 Å². The summed E-state index contributed by atoms with van der Waals surface area (Å²) in [6, 6.07) is 9.58. The van der Waals surface area contributed by atoms with E-state index in [2.05, 4.69) is 5.32 Å². The van der Waals surface area contributed by atoms with E-state index < -0.39 is 0 Å². The van der Waals surface area contributed by atoms with Gasteiger partial charge in [0.25, 0.3) is 5.91 Å². The minimum absolute atomic E-state index is 0.00644. The second-order valence-corrected chi connectivity index (χ2v) is 5.60. The Morgan fingerprint density at radius 1 is 1.23 bits per heavy atom. The summed E-state index contributed by atoms with van der Waals surface area (Å²) in [5.41, 5.74) is 0. The van der Waals surface area contributed by atoms with Crippen LogP contribution in [0.2, 0.25) is 0 Å². The van der Waals surface area contributed by atoms with Crippen LogP contribution in [-0.2, 0) is 9.59 Å². The smallest absolute Gasteiger partial charge is 0.258 e. The van der Waals surface area contributed by atoms with Gasteiger partial charge in [-0.15, -0.1) is 0 Å². The van der Waals surface area contributed by atoms with E-state index in [0.29, 0.717) is 24.9 Å². The van der Waals surface area contributed by atoms with Crippen LogP contribution in [0.15, 0.2) is 30.3 Å². The average molecular weight is 304 g/mol. The Morgan fingerprint density at radius 3 is 2.55 bits per heavy atom. The van der Waals surface area contributed by atoms with Crippen LogP contribution in [0.5, 0.6) is 5.75 Å². The van der Waals surface area contributed by atoms with Gasteiger partial charge in [-0.2, -0.15) is 0 Å². The van der Waals surface area contributed by atoms with Crippen LogP contribution in [0.1, 0.15) is 32.6 Å². The molecule has 1 aliphatic carbocycles. The number of para-hydroxylation sites is 1. The molecule has 0 bridgehead atoms. The lowest BCUT2D eigenvalue weighted by Crippen LogP contribution is -2.43. The Bertz CT molecular complexity index is 484. The molecular formula is C17H24N2O3. The maximum Gasteiger partial charge on any atom is 0.258 e. The number of ether oxygens (including phenoxy) is 1. The van der Waals surface area contributed by atoms with E-state index in [0.717, 1.165) is 12.8 Å². The van der Waals surface area contributed by atoms with Crippen LogP contribution in [0.25, 0.3) is 0 Å². The maximum absolute atomic E-state index is 11.7. The Morgan fingerprint density at radius 2 is 1.91 bits per heavy atom. The average Bonchev–Trinajstić information content (AvgIpc) is 3.04. The summed E-state index contributed by atoms with van der Waals surface area (Å²) in [6.07, 6.45) is 4.52. The zero-order chi connectivity index (χ0) is 15.8. The molecule has 2 amide bonds. The van der Waals surface area contributed by atoms with Crippen LogP contribution < -0.4 is 10.1 Å². The Kier molecular flexibility index (Phi) is 6.25. The molecule has 5 heteroatoms. The number of amides is 2. The molecule has 1 saturated carbocycles. The number of carbonyl (C=O) groups is 2. The highest BCUT2D eigenvalue weighted by Gasteiger charge is 2.24. The van der Waals surface area contributed by atoms with Crippen LogP contribution >= 0.6 is 0 Å². The molecule has 1 N–H and O–H groups in total. The van der Waals surface area contributed by atoms with Gasteiger partial charge < -0.3 is 15.0 Å². The minimum Gasteiger partial charge on any atom is -0.484 e. The third-order valence-corrected chi connectivity index (χ3v) is 3.96. The van der Waals surface area contributed by atoms with E-state index in [1.54, 1.807) is 6.92 Å². The van der Waals surface area contributed by atoms with Crippen molar-refractivity contribution in [3.8, 4) is 5.75 Å². The zero-order valence-electron chi connectivity index (χ0n) is 13.1. The maximum atomic E-state index is 11.7. The predicted octanol–water partition coefficient (Wildman–Crippen LogP) is 1.97. The molecule has 0 spiro atoms. The second kappa shape index (κ2) is 8.41. The summed E-state index contributed by atoms with van der Waals surface area (Å²) >= 11 is 0. The molecule has 0 saturated heterocycles. The zero-order valence-corrected chi connectivity index (χ0v) is 13.1. The van der Waals surface area contributed by atoms with Crippen molar-refractivity contribution in [3.05, 3.63) is 30.3 Å². The first-order chi connectivity index (χ1) is 10.7. The monoisotopic (exact) mass is 304 g/mol. The van der Waals surface area contributed by atoms with E-state index in [9.17, 15) is 9.59 Å². The number of hydrogen-bond acceptors (Lipinski definition) is 3. The van der Waals surface area contributed by atoms with Crippen molar-refractivity contribution in [3.63, 3.8) is 0 Å². The van der Waals surface area contributed by atoms with Crippen molar-refractivity contribution >= 4 is 11.8 Å². The van der Waals surface area contributed by atoms with Gasteiger partial charge in [-0.25, -0.2) is 0 Å². The molecule has 120 valence electrons. The molecule has 0 aliphatic heterocycles. The molecule has 2 rings (SSSR count). The first-order valence-corrected chi connectivity index (χ1v) is 7.88. The van der Waals surface area contributed by atoms with Crippen molar-refractivity contribution in [1.29, 1.82) is 0 Å². The van der Waals surface area contributed by atoms with Crippen molar-refractivity contribution < 1.29 is 14.3 Å². The van der Waals surface area contributed by atoms with Crippen LogP contribution in [0.4, 0.5) is 0 Å². The third kappa shape index (κ3) is 5.06. The fraction of sp³-hybridized carbons (Fsp3) is 0.529. The molecule has 0 atom stereocenters. The number of rotatable bonds is 7. The number of benzene rings is 1. The van der Waals surface area contributed by atoms with Gasteiger partial charge in [0, 0.05) is 26.1 Å². The van der Waals surface area contributed by atoms with Crippen molar-refractivity contribution in [2.24, 2.45) is 0 Å². The Balaban J connectivity index is 1.68. The number of hydrogen-bond donors (Lipinski definition) is 1. The summed E-state index contributed by atoms with van der Waals surface area (Å²) < 4.78 is 5.38. The SMILES string of the molecule is CC(=O)N(CCNC(=O)COc1ccccc1)C1CCCC1. The number of carbonyl (C=O) groups excluding carboxylic acids is 2. The lowest BCUT2D eigenvalue weighted by atomic mass is 10.2. The fourth-order valence-electron chi connectivity index (χ4n) is 2.85. The van der Waals surface area contributed by atoms with Crippen molar-refractivity contribution in [2.75, 3.05) is 19.7 Å². The third-order valence-electron chi connectivity index (χ3n) is 3.96. The van der Waals surface area contributed by atoms with Gasteiger partial charge >= 0.3 is 0 Å². The summed E-state index contributed by atoms with van der Waals surface area (Å²) in [5.74, 6) is 0.592. The molecule has 5 nitrogen and oxygen atoms in total.